The van der Waals surface area contributed by atoms with E-state index >= 15 is 0 Å². The summed E-state index contributed by atoms with van der Waals surface area (Å²) in [6.07, 6.45) is 3.69. The number of esters is 1. The van der Waals surface area contributed by atoms with Crippen LogP contribution >= 0.6 is 11.8 Å². The fourth-order valence-corrected chi connectivity index (χ4v) is 1.79. The van der Waals surface area contributed by atoms with Crippen molar-refractivity contribution in [3.8, 4) is 0 Å². The molecule has 2 rings (SSSR count). The Labute approximate surface area is 92.6 Å². The Kier molecular flexibility index (Phi) is 3.25. The van der Waals surface area contributed by atoms with E-state index in [1.165, 1.54) is 0 Å². The van der Waals surface area contributed by atoms with Gasteiger partial charge in [-0.2, -0.15) is 0 Å². The van der Waals surface area contributed by atoms with Crippen LogP contribution in [0, 0.1) is 0 Å². The molecule has 0 radical (unpaired) electrons. The van der Waals surface area contributed by atoms with Crippen molar-refractivity contribution in [2.45, 2.75) is 0 Å². The van der Waals surface area contributed by atoms with Gasteiger partial charge in [-0.25, -0.2) is 4.79 Å². The lowest BCUT2D eigenvalue weighted by molar-refractivity contribution is 0.0636. The van der Waals surface area contributed by atoms with Gasteiger partial charge in [0.1, 0.15) is 5.76 Å². The van der Waals surface area contributed by atoms with Crippen LogP contribution in [0.3, 0.4) is 0 Å². The summed E-state index contributed by atoms with van der Waals surface area (Å²) in [6, 6.07) is 8.98. The Morgan fingerprint density at radius 1 is 1.27 bits per heavy atom. The van der Waals surface area contributed by atoms with Crippen LogP contribution in [0.4, 0.5) is 0 Å². The van der Waals surface area contributed by atoms with Crippen molar-refractivity contribution in [3.63, 3.8) is 0 Å². The summed E-state index contributed by atoms with van der Waals surface area (Å²) < 4.78 is 5.20. The SMILES string of the molecule is O=C(OC1=CCSC=C1)c1ccccc1. The number of hydrogen-bond acceptors (Lipinski definition) is 3. The molecule has 1 aromatic carbocycles. The first-order valence-electron chi connectivity index (χ1n) is 4.62. The maximum Gasteiger partial charge on any atom is 0.343 e. The Bertz CT molecular complexity index is 407. The Morgan fingerprint density at radius 2 is 2.07 bits per heavy atom. The number of carbonyl (C=O) groups excluding carboxylic acids is 1. The van der Waals surface area contributed by atoms with E-state index in [2.05, 4.69) is 0 Å². The number of benzene rings is 1. The molecular formula is C12H10O2S. The first-order chi connectivity index (χ1) is 7.36. The standard InChI is InChI=1S/C12H10O2S/c13-12(10-4-2-1-3-5-10)14-11-6-8-15-9-7-11/h1-8H,9H2. The molecule has 0 bridgehead atoms. The van der Waals surface area contributed by atoms with Crippen molar-refractivity contribution >= 4 is 17.7 Å². The molecule has 3 heteroatoms. The smallest absolute Gasteiger partial charge is 0.343 e. The highest BCUT2D eigenvalue weighted by atomic mass is 32.2. The van der Waals surface area contributed by atoms with E-state index in [-0.39, 0.29) is 5.97 Å². The topological polar surface area (TPSA) is 26.3 Å². The number of allylic oxidation sites excluding steroid dienone is 1. The molecule has 76 valence electrons. The van der Waals surface area contributed by atoms with Gasteiger partial charge in [-0.15, -0.1) is 11.8 Å². The minimum atomic E-state index is -0.307. The second kappa shape index (κ2) is 4.84. The lowest BCUT2D eigenvalue weighted by atomic mass is 10.2. The van der Waals surface area contributed by atoms with E-state index in [9.17, 15) is 4.79 Å². The fourth-order valence-electron chi connectivity index (χ4n) is 1.18. The van der Waals surface area contributed by atoms with Crippen molar-refractivity contribution in [2.75, 3.05) is 5.75 Å². The number of thioether (sulfide) groups is 1. The van der Waals surface area contributed by atoms with Crippen molar-refractivity contribution in [2.24, 2.45) is 0 Å². The maximum absolute atomic E-state index is 11.6. The van der Waals surface area contributed by atoms with Crippen LogP contribution in [0.15, 0.2) is 53.7 Å². The first-order valence-corrected chi connectivity index (χ1v) is 5.67. The van der Waals surface area contributed by atoms with Gasteiger partial charge in [0.2, 0.25) is 0 Å². The van der Waals surface area contributed by atoms with Crippen LogP contribution in [0.25, 0.3) is 0 Å². The average molecular weight is 218 g/mol. The molecule has 1 aromatic rings. The fraction of sp³-hybridized carbons (Fsp3) is 0.0833. The third kappa shape index (κ3) is 2.73. The van der Waals surface area contributed by atoms with Crippen LogP contribution < -0.4 is 0 Å². The largest absolute Gasteiger partial charge is 0.423 e. The molecule has 1 aliphatic heterocycles. The van der Waals surface area contributed by atoms with Crippen LogP contribution in [0.1, 0.15) is 10.4 Å². The summed E-state index contributed by atoms with van der Waals surface area (Å²) in [4.78, 5) is 11.6. The van der Waals surface area contributed by atoms with E-state index < -0.39 is 0 Å². The van der Waals surface area contributed by atoms with Crippen molar-refractivity contribution in [1.29, 1.82) is 0 Å². The molecule has 1 heterocycles. The molecule has 0 unspecified atom stereocenters. The molecule has 1 aliphatic rings. The molecule has 0 N–H and O–H groups in total. The molecule has 0 fully saturated rings. The van der Waals surface area contributed by atoms with Gasteiger partial charge in [-0.1, -0.05) is 18.2 Å². The molecule has 0 saturated carbocycles. The maximum atomic E-state index is 11.6. The van der Waals surface area contributed by atoms with E-state index in [0.29, 0.717) is 11.3 Å². The summed E-state index contributed by atoms with van der Waals surface area (Å²) >= 11 is 1.67. The second-order valence-corrected chi connectivity index (χ2v) is 3.94. The van der Waals surface area contributed by atoms with Crippen molar-refractivity contribution in [1.82, 2.24) is 0 Å². The summed E-state index contributed by atoms with van der Waals surface area (Å²) in [6.45, 7) is 0. The molecule has 0 amide bonds. The highest BCUT2D eigenvalue weighted by Crippen LogP contribution is 2.16. The van der Waals surface area contributed by atoms with Crippen LogP contribution in [0.5, 0.6) is 0 Å². The predicted octanol–water partition coefficient (Wildman–Crippen LogP) is 2.99. The lowest BCUT2D eigenvalue weighted by Crippen LogP contribution is -2.04. The summed E-state index contributed by atoms with van der Waals surface area (Å²) in [7, 11) is 0. The summed E-state index contributed by atoms with van der Waals surface area (Å²) in [5, 5.41) is 1.92. The van der Waals surface area contributed by atoms with Crippen molar-refractivity contribution in [3.05, 3.63) is 59.2 Å². The molecule has 0 saturated heterocycles. The Balaban J connectivity index is 2.04. The van der Waals surface area contributed by atoms with Gasteiger partial charge in [0.05, 0.1) is 5.56 Å². The van der Waals surface area contributed by atoms with Crippen molar-refractivity contribution < 1.29 is 9.53 Å². The Morgan fingerprint density at radius 3 is 2.73 bits per heavy atom. The van der Waals surface area contributed by atoms with E-state index in [1.54, 1.807) is 30.0 Å². The van der Waals surface area contributed by atoms with Gasteiger partial charge in [0.25, 0.3) is 0 Å². The monoisotopic (exact) mass is 218 g/mol. The average Bonchev–Trinajstić information content (AvgIpc) is 2.31. The van der Waals surface area contributed by atoms with Gasteiger partial charge in [-0.3, -0.25) is 0 Å². The molecule has 0 spiro atoms. The zero-order valence-corrected chi connectivity index (χ0v) is 8.87. The van der Waals surface area contributed by atoms with Gasteiger partial charge in [-0.05, 0) is 29.7 Å². The molecule has 0 atom stereocenters. The number of hydrogen-bond donors (Lipinski definition) is 0. The van der Waals surface area contributed by atoms with Gasteiger partial charge in [0, 0.05) is 5.75 Å². The quantitative estimate of drug-likeness (QED) is 0.714. The normalized spacial score (nSPS) is 14.5. The van der Waals surface area contributed by atoms with E-state index in [1.807, 2.05) is 29.7 Å². The van der Waals surface area contributed by atoms with E-state index in [0.717, 1.165) is 5.75 Å². The van der Waals surface area contributed by atoms with Gasteiger partial charge in [0.15, 0.2) is 0 Å². The summed E-state index contributed by atoms with van der Waals surface area (Å²) in [5.41, 5.74) is 0.574. The third-order valence-electron chi connectivity index (χ3n) is 1.93. The molecular weight excluding hydrogens is 208 g/mol. The lowest BCUT2D eigenvalue weighted by Gasteiger charge is -2.07. The van der Waals surface area contributed by atoms with Crippen LogP contribution in [-0.4, -0.2) is 11.7 Å². The zero-order valence-electron chi connectivity index (χ0n) is 8.05. The minimum absolute atomic E-state index is 0.307. The van der Waals surface area contributed by atoms with Crippen LogP contribution in [0.2, 0.25) is 0 Å². The van der Waals surface area contributed by atoms with Gasteiger partial charge < -0.3 is 4.74 Å². The minimum Gasteiger partial charge on any atom is -0.423 e. The predicted molar refractivity (Wildman–Crippen MR) is 61.5 cm³/mol. The number of rotatable bonds is 2. The molecule has 15 heavy (non-hydrogen) atoms. The number of ether oxygens (including phenoxy) is 1. The third-order valence-corrected chi connectivity index (χ3v) is 2.62. The molecule has 0 aromatic heterocycles. The van der Waals surface area contributed by atoms with Crippen LogP contribution in [-0.2, 0) is 4.74 Å². The molecule has 0 aliphatic carbocycles. The molecule has 2 nitrogen and oxygen atoms in total. The zero-order chi connectivity index (χ0) is 10.5. The summed E-state index contributed by atoms with van der Waals surface area (Å²) in [5.74, 6) is 1.18. The highest BCUT2D eigenvalue weighted by Gasteiger charge is 2.08. The van der Waals surface area contributed by atoms with E-state index in [4.69, 9.17) is 4.74 Å². The second-order valence-electron chi connectivity index (χ2n) is 3.00. The number of carbonyl (C=O) groups is 1. The first kappa shape index (κ1) is 10.1. The highest BCUT2D eigenvalue weighted by molar-refractivity contribution is 8.02. The van der Waals surface area contributed by atoms with Gasteiger partial charge >= 0.3 is 5.97 Å². The Hall–Kier alpha value is -1.48.